The predicted octanol–water partition coefficient (Wildman–Crippen LogP) is 2.05. The molecule has 5 nitrogen and oxygen atoms in total. The van der Waals surface area contributed by atoms with Gasteiger partial charge in [0.1, 0.15) is 0 Å². The second-order valence-corrected chi connectivity index (χ2v) is 4.04. The number of carbonyl (C=O) groups is 1. The monoisotopic (exact) mass is 250 g/mol. The van der Waals surface area contributed by atoms with E-state index in [1.54, 1.807) is 6.07 Å². The molecule has 1 aromatic carbocycles. The average molecular weight is 251 g/mol. The van der Waals surface area contributed by atoms with Crippen molar-refractivity contribution in [1.82, 2.24) is 15.4 Å². The van der Waals surface area contributed by atoms with Gasteiger partial charge in [-0.2, -0.15) is 0 Å². The lowest BCUT2D eigenvalue weighted by Crippen LogP contribution is -2.27. The number of nitrogens with one attached hydrogen (secondary N) is 2. The summed E-state index contributed by atoms with van der Waals surface area (Å²) in [5.74, 6) is 0.148. The van der Waals surface area contributed by atoms with Crippen LogP contribution in [0, 0.1) is 6.92 Å². The lowest BCUT2D eigenvalue weighted by molar-refractivity contribution is -0.118. The van der Waals surface area contributed by atoms with Crippen molar-refractivity contribution in [2.75, 3.05) is 5.43 Å². The first-order valence-electron chi connectivity index (χ1n) is 5.03. The molecule has 0 saturated heterocycles. The number of aryl methyl sites for hydroxylation is 1. The molecule has 2 aromatic rings. The van der Waals surface area contributed by atoms with E-state index in [4.69, 9.17) is 11.6 Å². The Morgan fingerprint density at radius 1 is 1.35 bits per heavy atom. The number of aromatic nitrogens is 2. The summed E-state index contributed by atoms with van der Waals surface area (Å²) in [6, 6.07) is 5.39. The normalized spacial score (nSPS) is 10.3. The summed E-state index contributed by atoms with van der Waals surface area (Å²) in [6.07, 6.45) is 0. The van der Waals surface area contributed by atoms with E-state index in [1.165, 1.54) is 6.92 Å². The molecule has 0 bridgehead atoms. The van der Waals surface area contributed by atoms with E-state index in [0.29, 0.717) is 11.0 Å². The smallest absolute Gasteiger partial charge is 0.242 e. The second-order valence-electron chi connectivity index (χ2n) is 3.60. The fraction of sp³-hybridized carbons (Fsp3) is 0.182. The number of hydrazine groups is 1. The zero-order valence-corrected chi connectivity index (χ0v) is 10.2. The van der Waals surface area contributed by atoms with Crippen LogP contribution in [0.3, 0.4) is 0 Å². The van der Waals surface area contributed by atoms with Crippen LogP contribution in [0.2, 0.25) is 5.02 Å². The zero-order chi connectivity index (χ0) is 12.4. The molecule has 0 fully saturated rings. The Labute approximate surface area is 103 Å². The molecule has 2 rings (SSSR count). The van der Waals surface area contributed by atoms with Crippen molar-refractivity contribution in [2.45, 2.75) is 13.8 Å². The third-order valence-electron chi connectivity index (χ3n) is 2.20. The summed E-state index contributed by atoms with van der Waals surface area (Å²) in [5, 5.41) is 1.54. The van der Waals surface area contributed by atoms with Crippen LogP contribution in [0.25, 0.3) is 10.9 Å². The molecular formula is C11H11ClN4O. The Hall–Kier alpha value is -1.88. The van der Waals surface area contributed by atoms with Gasteiger partial charge in [-0.25, -0.2) is 9.97 Å². The summed E-state index contributed by atoms with van der Waals surface area (Å²) in [5.41, 5.74) is 6.63. The van der Waals surface area contributed by atoms with Gasteiger partial charge in [0.05, 0.1) is 11.2 Å². The molecule has 0 saturated carbocycles. The predicted molar refractivity (Wildman–Crippen MR) is 66.7 cm³/mol. The maximum atomic E-state index is 10.8. The van der Waals surface area contributed by atoms with Crippen molar-refractivity contribution in [1.29, 1.82) is 0 Å². The van der Waals surface area contributed by atoms with Crippen molar-refractivity contribution in [2.24, 2.45) is 0 Å². The van der Waals surface area contributed by atoms with Gasteiger partial charge < -0.3 is 0 Å². The lowest BCUT2D eigenvalue weighted by atomic mass is 10.2. The van der Waals surface area contributed by atoms with Crippen molar-refractivity contribution < 1.29 is 4.79 Å². The van der Waals surface area contributed by atoms with Gasteiger partial charge in [0.15, 0.2) is 0 Å². The third-order valence-corrected chi connectivity index (χ3v) is 2.43. The molecule has 0 aliphatic carbocycles. The first-order chi connectivity index (χ1) is 8.06. The SMILES string of the molecule is CC(=O)NNc1nc(C)c2cc(Cl)ccc2n1. The quantitative estimate of drug-likeness (QED) is 0.801. The molecule has 0 atom stereocenters. The molecule has 88 valence electrons. The van der Waals surface area contributed by atoms with Gasteiger partial charge in [-0.15, -0.1) is 0 Å². The third kappa shape index (κ3) is 2.62. The molecule has 2 N–H and O–H groups in total. The highest BCUT2D eigenvalue weighted by atomic mass is 35.5. The molecule has 0 spiro atoms. The number of fused-ring (bicyclic) bond motifs is 1. The molecule has 0 radical (unpaired) electrons. The van der Waals surface area contributed by atoms with Crippen LogP contribution in [0.5, 0.6) is 0 Å². The maximum absolute atomic E-state index is 10.8. The number of hydrogen-bond acceptors (Lipinski definition) is 4. The van der Waals surface area contributed by atoms with Crippen LogP contribution >= 0.6 is 11.6 Å². The molecule has 17 heavy (non-hydrogen) atoms. The van der Waals surface area contributed by atoms with E-state index < -0.39 is 0 Å². The Balaban J connectivity index is 2.41. The van der Waals surface area contributed by atoms with E-state index in [2.05, 4.69) is 20.8 Å². The minimum Gasteiger partial charge on any atom is -0.274 e. The Morgan fingerprint density at radius 3 is 2.82 bits per heavy atom. The van der Waals surface area contributed by atoms with Gasteiger partial charge in [0.25, 0.3) is 0 Å². The van der Waals surface area contributed by atoms with Crippen LogP contribution in [-0.4, -0.2) is 15.9 Å². The van der Waals surface area contributed by atoms with E-state index in [1.807, 2.05) is 19.1 Å². The molecule has 1 heterocycles. The van der Waals surface area contributed by atoms with E-state index >= 15 is 0 Å². The molecule has 0 aliphatic heterocycles. The highest BCUT2D eigenvalue weighted by molar-refractivity contribution is 6.31. The standard InChI is InChI=1S/C11H11ClN4O/c1-6-9-5-8(12)3-4-10(9)14-11(13-6)16-15-7(2)17/h3-5H,1-2H3,(H,15,17)(H,13,14,16). The summed E-state index contributed by atoms with van der Waals surface area (Å²) in [6.45, 7) is 3.26. The van der Waals surface area contributed by atoms with Crippen LogP contribution < -0.4 is 10.9 Å². The second kappa shape index (κ2) is 4.55. The summed E-state index contributed by atoms with van der Waals surface area (Å²) in [7, 11) is 0. The largest absolute Gasteiger partial charge is 0.274 e. The van der Waals surface area contributed by atoms with Crippen molar-refractivity contribution >= 4 is 34.4 Å². The van der Waals surface area contributed by atoms with Crippen LogP contribution in [-0.2, 0) is 4.79 Å². The Morgan fingerprint density at radius 2 is 2.12 bits per heavy atom. The van der Waals surface area contributed by atoms with Crippen LogP contribution in [0.4, 0.5) is 5.95 Å². The van der Waals surface area contributed by atoms with Crippen LogP contribution in [0.15, 0.2) is 18.2 Å². The van der Waals surface area contributed by atoms with Gasteiger partial charge in [0.2, 0.25) is 11.9 Å². The number of halogens is 1. The highest BCUT2D eigenvalue weighted by Crippen LogP contribution is 2.21. The van der Waals surface area contributed by atoms with E-state index in [-0.39, 0.29) is 5.91 Å². The fourth-order valence-electron chi connectivity index (χ4n) is 1.45. The summed E-state index contributed by atoms with van der Waals surface area (Å²) < 4.78 is 0. The highest BCUT2D eigenvalue weighted by Gasteiger charge is 2.05. The Kier molecular flexibility index (Phi) is 3.10. The zero-order valence-electron chi connectivity index (χ0n) is 9.41. The topological polar surface area (TPSA) is 66.9 Å². The number of rotatable bonds is 2. The minimum atomic E-state index is -0.206. The molecular weight excluding hydrogens is 240 g/mol. The van der Waals surface area contributed by atoms with Gasteiger partial charge in [0, 0.05) is 17.3 Å². The van der Waals surface area contributed by atoms with Crippen LogP contribution in [0.1, 0.15) is 12.6 Å². The van der Waals surface area contributed by atoms with Gasteiger partial charge >= 0.3 is 0 Å². The first kappa shape index (κ1) is 11.6. The van der Waals surface area contributed by atoms with Crippen molar-refractivity contribution in [3.63, 3.8) is 0 Å². The van der Waals surface area contributed by atoms with Gasteiger partial charge in [-0.3, -0.25) is 15.6 Å². The molecule has 6 heteroatoms. The number of nitrogens with zero attached hydrogens (tertiary/aromatic N) is 2. The first-order valence-corrected chi connectivity index (χ1v) is 5.40. The van der Waals surface area contributed by atoms with E-state index in [9.17, 15) is 4.79 Å². The lowest BCUT2D eigenvalue weighted by Gasteiger charge is -2.07. The fourth-order valence-corrected chi connectivity index (χ4v) is 1.63. The number of anilines is 1. The summed E-state index contributed by atoms with van der Waals surface area (Å²) >= 11 is 5.90. The van der Waals surface area contributed by atoms with Gasteiger partial charge in [-0.05, 0) is 25.1 Å². The molecule has 0 aliphatic rings. The Bertz CT molecular complexity index is 585. The maximum Gasteiger partial charge on any atom is 0.242 e. The molecule has 1 aromatic heterocycles. The van der Waals surface area contributed by atoms with E-state index in [0.717, 1.165) is 16.6 Å². The number of carbonyl (C=O) groups excluding carboxylic acids is 1. The number of amides is 1. The van der Waals surface area contributed by atoms with Crippen molar-refractivity contribution in [3.05, 3.63) is 28.9 Å². The number of hydrogen-bond donors (Lipinski definition) is 2. The minimum absolute atomic E-state index is 0.206. The number of benzene rings is 1. The molecule has 1 amide bonds. The summed E-state index contributed by atoms with van der Waals surface area (Å²) in [4.78, 5) is 19.2. The van der Waals surface area contributed by atoms with Gasteiger partial charge in [-0.1, -0.05) is 11.6 Å². The average Bonchev–Trinajstić information content (AvgIpc) is 2.27. The van der Waals surface area contributed by atoms with Crippen molar-refractivity contribution in [3.8, 4) is 0 Å². The molecule has 0 unspecified atom stereocenters.